The van der Waals surface area contributed by atoms with Crippen molar-refractivity contribution in [1.82, 2.24) is 15.3 Å². The summed E-state index contributed by atoms with van der Waals surface area (Å²) in [6.07, 6.45) is 0.253. The Labute approximate surface area is 162 Å². The Balaban J connectivity index is 2.32. The van der Waals surface area contributed by atoms with E-state index >= 15 is 0 Å². The monoisotopic (exact) mass is 417 g/mol. The van der Waals surface area contributed by atoms with Crippen LogP contribution in [0.4, 0.5) is 4.79 Å². The van der Waals surface area contributed by atoms with Gasteiger partial charge in [-0.25, -0.2) is 14.8 Å². The molecule has 1 unspecified atom stereocenters. The Morgan fingerprint density at radius 1 is 1.43 bits per heavy atom. The maximum atomic E-state index is 12.8. The molecule has 2 amide bonds. The molecule has 1 saturated heterocycles. The fraction of sp³-hybridized carbons (Fsp3) is 0.562. The van der Waals surface area contributed by atoms with E-state index in [9.17, 15) is 27.9 Å². The number of carboxylic acid groups (broad SMARTS) is 1. The van der Waals surface area contributed by atoms with Crippen molar-refractivity contribution in [3.63, 3.8) is 0 Å². The molecule has 11 nitrogen and oxygen atoms in total. The number of nitrogens with one attached hydrogen (secondary N) is 1. The highest BCUT2D eigenvalue weighted by Gasteiger charge is 2.49. The van der Waals surface area contributed by atoms with Crippen molar-refractivity contribution in [2.24, 2.45) is 5.92 Å². The normalized spacial score (nSPS) is 21.5. The molecule has 28 heavy (non-hydrogen) atoms. The first-order chi connectivity index (χ1) is 12.7. The number of fused-ring (bicyclic) bond motifs is 1. The highest BCUT2D eigenvalue weighted by Crippen LogP contribution is 2.35. The Morgan fingerprint density at radius 3 is 2.50 bits per heavy atom. The van der Waals surface area contributed by atoms with Crippen LogP contribution in [0.15, 0.2) is 23.9 Å². The topological polar surface area (TPSA) is 154 Å². The Kier molecular flexibility index (Phi) is 5.87. The van der Waals surface area contributed by atoms with Gasteiger partial charge in [0.2, 0.25) is 0 Å². The van der Waals surface area contributed by atoms with Gasteiger partial charge >= 0.3 is 12.1 Å². The molecule has 0 spiro atoms. The molecule has 0 bridgehead atoms. The van der Waals surface area contributed by atoms with Crippen LogP contribution in [0.5, 0.6) is 0 Å². The van der Waals surface area contributed by atoms with Crippen LogP contribution in [0.2, 0.25) is 0 Å². The first-order valence-corrected chi connectivity index (χ1v) is 9.95. The van der Waals surface area contributed by atoms with E-state index in [-0.39, 0.29) is 24.4 Å². The number of carbonyl (C=O) groups is 3. The molecule has 0 aromatic rings. The summed E-state index contributed by atoms with van der Waals surface area (Å²) in [7, 11) is -4.45. The minimum Gasteiger partial charge on any atom is -0.481 e. The molecule has 2 rings (SSSR count). The van der Waals surface area contributed by atoms with E-state index in [1.165, 1.54) is 5.01 Å². The van der Waals surface area contributed by atoms with Gasteiger partial charge in [0.25, 0.3) is 16.0 Å². The zero-order chi connectivity index (χ0) is 21.4. The van der Waals surface area contributed by atoms with Crippen LogP contribution in [-0.4, -0.2) is 76.5 Å². The van der Waals surface area contributed by atoms with Crippen LogP contribution in [0.1, 0.15) is 20.8 Å². The zero-order valence-electron chi connectivity index (χ0n) is 15.7. The number of ether oxygens (including phenoxy) is 1. The summed E-state index contributed by atoms with van der Waals surface area (Å²) in [6.45, 7) is 8.31. The van der Waals surface area contributed by atoms with Gasteiger partial charge in [-0.15, -0.1) is 6.58 Å². The van der Waals surface area contributed by atoms with Crippen LogP contribution in [0.25, 0.3) is 0 Å². The molecule has 0 aliphatic carbocycles. The second-order valence-electron chi connectivity index (χ2n) is 7.46. The summed E-state index contributed by atoms with van der Waals surface area (Å²) in [5.41, 5.74) is -0.801. The summed E-state index contributed by atoms with van der Waals surface area (Å²) >= 11 is 0. The van der Waals surface area contributed by atoms with Gasteiger partial charge in [-0.1, -0.05) is 6.08 Å². The molecule has 1 fully saturated rings. The Morgan fingerprint density at radius 2 is 2.04 bits per heavy atom. The van der Waals surface area contributed by atoms with E-state index in [2.05, 4.69) is 11.9 Å². The molecule has 3 N–H and O–H groups in total. The quantitative estimate of drug-likeness (QED) is 0.399. The van der Waals surface area contributed by atoms with E-state index in [1.807, 2.05) is 0 Å². The molecular formula is C16H23N3O8S. The lowest BCUT2D eigenvalue weighted by Gasteiger charge is -2.24. The van der Waals surface area contributed by atoms with Crippen LogP contribution in [0, 0.1) is 5.92 Å². The van der Waals surface area contributed by atoms with Crippen LogP contribution < -0.4 is 5.32 Å². The van der Waals surface area contributed by atoms with E-state index in [1.54, 1.807) is 20.8 Å². The fourth-order valence-corrected chi connectivity index (χ4v) is 3.77. The fourth-order valence-electron chi connectivity index (χ4n) is 3.09. The van der Waals surface area contributed by atoms with E-state index < -0.39 is 51.4 Å². The maximum absolute atomic E-state index is 12.8. The minimum absolute atomic E-state index is 0.0139. The predicted octanol–water partition coefficient (Wildman–Crippen LogP) is -0.0188. The standard InChI is InChI=1S/C16H23N3O8S/c1-5-10(14(21)22)12-9(8-28(24,25)26)6-18-7-11(13(20)19(12)18)17-15(23)27-16(2,3)4/h5,10-11H,1,6-8H2,2-4H3,(H,17,23)(H,21,22)(H,24,25,26)/t10?,11-/m0/s1. The van der Waals surface area contributed by atoms with E-state index in [0.717, 1.165) is 11.1 Å². The molecule has 0 aromatic heterocycles. The summed E-state index contributed by atoms with van der Waals surface area (Å²) in [4.78, 5) is 36.3. The lowest BCUT2D eigenvalue weighted by molar-refractivity contribution is -0.141. The van der Waals surface area contributed by atoms with Crippen LogP contribution in [0.3, 0.4) is 0 Å². The number of amides is 2. The third-order valence-corrected chi connectivity index (χ3v) is 4.70. The molecule has 0 saturated carbocycles. The third-order valence-electron chi connectivity index (χ3n) is 3.99. The molecule has 12 heteroatoms. The van der Waals surface area contributed by atoms with Crippen molar-refractivity contribution in [1.29, 1.82) is 0 Å². The molecule has 2 aliphatic rings. The second kappa shape index (κ2) is 7.53. The molecule has 0 aromatic carbocycles. The average molecular weight is 417 g/mol. The molecule has 2 aliphatic heterocycles. The number of aliphatic carboxylic acids is 1. The third kappa shape index (κ3) is 4.88. The molecule has 2 heterocycles. The lowest BCUT2D eigenvalue weighted by Crippen LogP contribution is -2.45. The van der Waals surface area contributed by atoms with E-state index in [0.29, 0.717) is 0 Å². The maximum Gasteiger partial charge on any atom is 0.408 e. The Bertz CT molecular complexity index is 842. The van der Waals surface area contributed by atoms with Gasteiger partial charge in [-0.05, 0) is 26.3 Å². The van der Waals surface area contributed by atoms with Crippen molar-refractivity contribution < 1.29 is 37.2 Å². The minimum atomic E-state index is -4.45. The summed E-state index contributed by atoms with van der Waals surface area (Å²) in [5, 5.41) is 14.3. The van der Waals surface area contributed by atoms with Gasteiger partial charge in [0.1, 0.15) is 17.6 Å². The molecule has 0 radical (unpaired) electrons. The molecule has 156 valence electrons. The van der Waals surface area contributed by atoms with Gasteiger partial charge in [-0.2, -0.15) is 8.42 Å². The number of alkyl carbamates (subject to hydrolysis) is 1. The number of hydrazine groups is 1. The SMILES string of the molecule is C=CC(C(=O)O)C1=C(CS(=O)(=O)O)CN2C[C@H](NC(=O)OC(C)(C)C)C(=O)N12. The molecule has 2 atom stereocenters. The summed E-state index contributed by atoms with van der Waals surface area (Å²) in [5.74, 6) is -4.16. The Hall–Kier alpha value is -2.44. The number of nitrogens with zero attached hydrogens (tertiary/aromatic N) is 2. The average Bonchev–Trinajstić information content (AvgIpc) is 2.94. The number of rotatable bonds is 6. The predicted molar refractivity (Wildman–Crippen MR) is 96.3 cm³/mol. The highest BCUT2D eigenvalue weighted by atomic mass is 32.2. The summed E-state index contributed by atoms with van der Waals surface area (Å²) in [6, 6.07) is -1.00. The van der Waals surface area contributed by atoms with Gasteiger partial charge in [0, 0.05) is 13.1 Å². The molecular weight excluding hydrogens is 394 g/mol. The van der Waals surface area contributed by atoms with E-state index in [4.69, 9.17) is 9.29 Å². The number of carboxylic acids is 1. The van der Waals surface area contributed by atoms with Crippen molar-refractivity contribution in [3.05, 3.63) is 23.9 Å². The zero-order valence-corrected chi connectivity index (χ0v) is 16.5. The van der Waals surface area contributed by atoms with Gasteiger partial charge < -0.3 is 15.2 Å². The number of hydrogen-bond donors (Lipinski definition) is 3. The van der Waals surface area contributed by atoms with Crippen molar-refractivity contribution >= 4 is 28.1 Å². The van der Waals surface area contributed by atoms with Crippen molar-refractivity contribution in [3.8, 4) is 0 Å². The van der Waals surface area contributed by atoms with Gasteiger partial charge in [0.15, 0.2) is 0 Å². The van der Waals surface area contributed by atoms with Crippen molar-refractivity contribution in [2.45, 2.75) is 32.4 Å². The smallest absolute Gasteiger partial charge is 0.408 e. The van der Waals surface area contributed by atoms with Gasteiger partial charge in [-0.3, -0.25) is 14.1 Å². The van der Waals surface area contributed by atoms with Crippen LogP contribution >= 0.6 is 0 Å². The number of carbonyl (C=O) groups excluding carboxylic acids is 2. The lowest BCUT2D eigenvalue weighted by atomic mass is 10.0. The largest absolute Gasteiger partial charge is 0.481 e. The summed E-state index contributed by atoms with van der Waals surface area (Å²) < 4.78 is 36.9. The van der Waals surface area contributed by atoms with Crippen molar-refractivity contribution in [2.75, 3.05) is 18.8 Å². The second-order valence-corrected chi connectivity index (χ2v) is 8.92. The number of hydrogen-bond acceptors (Lipinski definition) is 7. The highest BCUT2D eigenvalue weighted by molar-refractivity contribution is 7.86. The van der Waals surface area contributed by atoms with Gasteiger partial charge in [0.05, 0.1) is 11.4 Å². The first-order valence-electron chi connectivity index (χ1n) is 8.34. The van der Waals surface area contributed by atoms with Crippen LogP contribution in [-0.2, 0) is 24.4 Å². The first kappa shape index (κ1) is 21.9.